The smallest absolute Gasteiger partial charge is 0.343 e. The second-order valence-electron chi connectivity index (χ2n) is 11.7. The summed E-state index contributed by atoms with van der Waals surface area (Å²) < 4.78 is 25.3. The molecule has 9 heteroatoms. The Morgan fingerprint density at radius 2 is 1.59 bits per heavy atom. The molecule has 0 radical (unpaired) electrons. The molecule has 6 rings (SSSR count). The quantitative estimate of drug-likeness (QED) is 0.0820. The van der Waals surface area contributed by atoms with Crippen molar-refractivity contribution >= 4 is 23.4 Å². The average Bonchev–Trinajstić information content (AvgIpc) is 3.43. The molecular formula is C40H38N2O6S. The second-order valence-corrected chi connectivity index (χ2v) is 12.7. The van der Waals surface area contributed by atoms with E-state index in [2.05, 4.69) is 26.0 Å². The molecule has 0 bridgehead atoms. The molecule has 0 fully saturated rings. The van der Waals surface area contributed by atoms with E-state index in [4.69, 9.17) is 23.9 Å². The van der Waals surface area contributed by atoms with E-state index >= 15 is 0 Å². The number of carbonyl (C=O) groups is 1. The van der Waals surface area contributed by atoms with Gasteiger partial charge in [-0.25, -0.2) is 9.79 Å². The van der Waals surface area contributed by atoms with Gasteiger partial charge in [0.2, 0.25) is 0 Å². The molecule has 5 aromatic rings. The van der Waals surface area contributed by atoms with Gasteiger partial charge < -0.3 is 18.9 Å². The van der Waals surface area contributed by atoms with Crippen molar-refractivity contribution in [3.05, 3.63) is 151 Å². The van der Waals surface area contributed by atoms with Crippen LogP contribution in [0.4, 0.5) is 0 Å². The first-order valence-electron chi connectivity index (χ1n) is 16.2. The van der Waals surface area contributed by atoms with Crippen LogP contribution in [-0.4, -0.2) is 30.9 Å². The van der Waals surface area contributed by atoms with Crippen LogP contribution in [0.1, 0.15) is 55.8 Å². The minimum Gasteiger partial charge on any atom is -0.493 e. The van der Waals surface area contributed by atoms with Gasteiger partial charge in [0.1, 0.15) is 24.7 Å². The Hall–Kier alpha value is -5.41. The predicted octanol–water partition coefficient (Wildman–Crippen LogP) is 6.82. The summed E-state index contributed by atoms with van der Waals surface area (Å²) in [6.45, 7) is 6.87. The average molecular weight is 675 g/mol. The lowest BCUT2D eigenvalue weighted by Crippen LogP contribution is -2.40. The number of carbonyl (C=O) groups excluding carboxylic acids is 1. The monoisotopic (exact) mass is 674 g/mol. The van der Waals surface area contributed by atoms with E-state index in [-0.39, 0.29) is 5.56 Å². The number of aromatic nitrogens is 1. The van der Waals surface area contributed by atoms with E-state index in [1.807, 2.05) is 66.7 Å². The maximum absolute atomic E-state index is 14.1. The Morgan fingerprint density at radius 1 is 0.898 bits per heavy atom. The maximum Gasteiger partial charge on any atom is 0.343 e. The molecule has 0 spiro atoms. The van der Waals surface area contributed by atoms with E-state index < -0.39 is 12.0 Å². The minimum absolute atomic E-state index is 0.260. The standard InChI is InChI=1S/C40H38N2O6S/c1-5-26(2)29-17-19-31(20-18-29)46-22-23-47-33-21-16-28(24-34(33)45-4)25-35-38(43)42-37(30-12-8-6-9-13-30)36(27(3)41-40(42)49-35)39(44)48-32-14-10-7-11-15-32/h6-21,24-26,37H,5,22-23H2,1-4H3/b35-25-/t26-,37-/m1/s1. The highest BCUT2D eigenvalue weighted by molar-refractivity contribution is 7.07. The summed E-state index contributed by atoms with van der Waals surface area (Å²) in [5.74, 6) is 2.27. The Balaban J connectivity index is 1.23. The first kappa shape index (κ1) is 33.5. The Morgan fingerprint density at radius 3 is 2.29 bits per heavy atom. The maximum atomic E-state index is 14.1. The van der Waals surface area contributed by atoms with Crippen molar-refractivity contribution < 1.29 is 23.7 Å². The first-order chi connectivity index (χ1) is 23.9. The highest BCUT2D eigenvalue weighted by atomic mass is 32.1. The number of fused-ring (bicyclic) bond motifs is 1. The van der Waals surface area contributed by atoms with Crippen molar-refractivity contribution in [3.63, 3.8) is 0 Å². The summed E-state index contributed by atoms with van der Waals surface area (Å²) in [5, 5.41) is 0. The molecule has 0 N–H and O–H groups in total. The highest BCUT2D eigenvalue weighted by Gasteiger charge is 2.33. The molecule has 1 aliphatic heterocycles. The zero-order chi connectivity index (χ0) is 34.3. The van der Waals surface area contributed by atoms with Gasteiger partial charge in [-0.15, -0.1) is 0 Å². The van der Waals surface area contributed by atoms with E-state index in [0.29, 0.717) is 57.0 Å². The number of thiazole rings is 1. The molecule has 0 saturated carbocycles. The van der Waals surface area contributed by atoms with Gasteiger partial charge in [0.15, 0.2) is 16.3 Å². The molecule has 0 aliphatic carbocycles. The molecular weight excluding hydrogens is 637 g/mol. The van der Waals surface area contributed by atoms with Gasteiger partial charge in [-0.3, -0.25) is 9.36 Å². The van der Waals surface area contributed by atoms with Crippen molar-refractivity contribution in [3.8, 4) is 23.0 Å². The summed E-state index contributed by atoms with van der Waals surface area (Å²) in [7, 11) is 1.58. The molecule has 0 amide bonds. The van der Waals surface area contributed by atoms with Crippen molar-refractivity contribution in [1.82, 2.24) is 4.57 Å². The van der Waals surface area contributed by atoms with Crippen LogP contribution in [0.3, 0.4) is 0 Å². The van der Waals surface area contributed by atoms with Crippen molar-refractivity contribution in [1.29, 1.82) is 0 Å². The summed E-state index contributed by atoms with van der Waals surface area (Å²) in [6.07, 6.45) is 2.89. The van der Waals surface area contributed by atoms with E-state index in [1.54, 1.807) is 48.9 Å². The van der Waals surface area contributed by atoms with Crippen LogP contribution >= 0.6 is 11.3 Å². The van der Waals surface area contributed by atoms with Crippen LogP contribution in [0.2, 0.25) is 0 Å². The SMILES string of the molecule is CC[C@@H](C)c1ccc(OCCOc2ccc(/C=c3\sc4n(c3=O)[C@H](c3ccccc3)C(C(=O)Oc3ccccc3)=C(C)N=4)cc2OC)cc1. The van der Waals surface area contributed by atoms with Gasteiger partial charge in [-0.2, -0.15) is 0 Å². The topological polar surface area (TPSA) is 88.4 Å². The fraction of sp³-hybridized carbons (Fsp3) is 0.225. The molecule has 2 atom stereocenters. The Bertz CT molecular complexity index is 2140. The molecule has 1 aromatic heterocycles. The van der Waals surface area contributed by atoms with Gasteiger partial charge in [0.05, 0.1) is 29.0 Å². The number of para-hydroxylation sites is 1. The van der Waals surface area contributed by atoms with Crippen LogP contribution in [0.15, 0.2) is 124 Å². The number of ether oxygens (including phenoxy) is 4. The number of hydrogen-bond donors (Lipinski definition) is 0. The van der Waals surface area contributed by atoms with Crippen LogP contribution in [0.5, 0.6) is 23.0 Å². The lowest BCUT2D eigenvalue weighted by Gasteiger charge is -2.24. The van der Waals surface area contributed by atoms with Gasteiger partial charge >= 0.3 is 5.97 Å². The van der Waals surface area contributed by atoms with Crippen molar-refractivity contribution in [2.75, 3.05) is 20.3 Å². The molecule has 8 nitrogen and oxygen atoms in total. The minimum atomic E-state index is -0.707. The highest BCUT2D eigenvalue weighted by Crippen LogP contribution is 2.32. The van der Waals surface area contributed by atoms with Crippen LogP contribution in [0.25, 0.3) is 6.08 Å². The van der Waals surface area contributed by atoms with E-state index in [9.17, 15) is 9.59 Å². The largest absolute Gasteiger partial charge is 0.493 e. The van der Waals surface area contributed by atoms with E-state index in [1.165, 1.54) is 16.9 Å². The Kier molecular flexibility index (Phi) is 10.4. The second kappa shape index (κ2) is 15.2. The fourth-order valence-electron chi connectivity index (χ4n) is 5.67. The number of methoxy groups -OCH3 is 1. The molecule has 0 unspecified atom stereocenters. The van der Waals surface area contributed by atoms with Crippen LogP contribution in [0, 0.1) is 0 Å². The van der Waals surface area contributed by atoms with Crippen molar-refractivity contribution in [2.45, 2.75) is 39.2 Å². The normalized spacial score (nSPS) is 14.9. The molecule has 49 heavy (non-hydrogen) atoms. The number of esters is 1. The number of hydrogen-bond acceptors (Lipinski definition) is 8. The summed E-state index contributed by atoms with van der Waals surface area (Å²) >= 11 is 1.27. The van der Waals surface area contributed by atoms with Crippen LogP contribution in [-0.2, 0) is 4.79 Å². The number of nitrogens with zero attached hydrogens (tertiary/aromatic N) is 2. The zero-order valence-electron chi connectivity index (χ0n) is 27.9. The lowest BCUT2D eigenvalue weighted by molar-refractivity contribution is -0.130. The predicted molar refractivity (Wildman–Crippen MR) is 191 cm³/mol. The molecule has 250 valence electrons. The third kappa shape index (κ3) is 7.52. The fourth-order valence-corrected chi connectivity index (χ4v) is 6.71. The summed E-state index contributed by atoms with van der Waals surface area (Å²) in [6, 6.07) is 31.3. The summed E-state index contributed by atoms with van der Waals surface area (Å²) in [4.78, 5) is 32.9. The third-order valence-electron chi connectivity index (χ3n) is 8.47. The van der Waals surface area contributed by atoms with Gasteiger partial charge in [-0.05, 0) is 78.4 Å². The van der Waals surface area contributed by atoms with Crippen LogP contribution < -0.4 is 33.8 Å². The van der Waals surface area contributed by atoms with Gasteiger partial charge in [-0.1, -0.05) is 91.9 Å². The third-order valence-corrected chi connectivity index (χ3v) is 9.45. The van der Waals surface area contributed by atoms with Gasteiger partial charge in [0, 0.05) is 0 Å². The molecule has 1 aliphatic rings. The molecule has 4 aromatic carbocycles. The number of allylic oxidation sites excluding steroid dienone is 1. The molecule has 2 heterocycles. The first-order valence-corrected chi connectivity index (χ1v) is 17.1. The van der Waals surface area contributed by atoms with Gasteiger partial charge in [0.25, 0.3) is 5.56 Å². The number of rotatable bonds is 12. The number of benzene rings is 4. The Labute approximate surface area is 289 Å². The lowest BCUT2D eigenvalue weighted by atomic mass is 9.96. The summed E-state index contributed by atoms with van der Waals surface area (Å²) in [5.41, 5.74) is 3.37. The molecule has 0 saturated heterocycles. The van der Waals surface area contributed by atoms with E-state index in [0.717, 1.165) is 23.3 Å². The zero-order valence-corrected chi connectivity index (χ0v) is 28.7. The van der Waals surface area contributed by atoms with Crippen molar-refractivity contribution in [2.24, 2.45) is 4.99 Å².